The number of aromatic hydroxyl groups is 1. The number of hydrogen-bond donors (Lipinski definition) is 3. The van der Waals surface area contributed by atoms with E-state index in [9.17, 15) is 9.90 Å². The molecule has 109 heavy (non-hydrogen) atoms. The van der Waals surface area contributed by atoms with E-state index in [1.165, 1.54) is 204 Å². The molecule has 18 rings (SSSR count). The van der Waals surface area contributed by atoms with Crippen LogP contribution < -0.4 is 14.2 Å². The van der Waals surface area contributed by atoms with Crippen molar-refractivity contribution in [2.45, 2.75) is 247 Å². The molecule has 602 valence electrons. The minimum atomic E-state index is -0.325. The monoisotopic (exact) mass is 1490 g/mol. The molecule has 16 bridgehead atoms. The van der Waals surface area contributed by atoms with Gasteiger partial charge >= 0.3 is 31.8 Å². The van der Waals surface area contributed by atoms with Gasteiger partial charge in [-0.3, -0.25) is 4.79 Å². The molecule has 7 N–H and O–H groups in total. The second kappa shape index (κ2) is 44.4. The molecular weight excluding hydrogens is 1350 g/mol. The van der Waals surface area contributed by atoms with Gasteiger partial charge in [0.2, 0.25) is 0 Å². The Kier molecular flexibility index (Phi) is 35.7. The van der Waals surface area contributed by atoms with E-state index in [4.69, 9.17) is 24.4 Å². The minimum absolute atomic E-state index is 0. The number of ether oxygens (including phenoxy) is 3. The maximum absolute atomic E-state index is 11.0. The molecule has 0 aromatic heterocycles. The van der Waals surface area contributed by atoms with Crippen molar-refractivity contribution in [1.82, 2.24) is 0 Å². The van der Waals surface area contributed by atoms with Gasteiger partial charge in [0.1, 0.15) is 0 Å². The van der Waals surface area contributed by atoms with Crippen molar-refractivity contribution in [2.75, 3.05) is 34.5 Å². The van der Waals surface area contributed by atoms with Crippen molar-refractivity contribution < 1.29 is 45.3 Å². The molecule has 24 atom stereocenters. The molecule has 10 nitrogen and oxygen atoms in total. The third kappa shape index (κ3) is 23.4. The third-order valence-electron chi connectivity index (χ3n) is 29.2. The van der Waals surface area contributed by atoms with E-state index in [2.05, 4.69) is 130 Å². The van der Waals surface area contributed by atoms with Gasteiger partial charge in [0, 0.05) is 20.1 Å². The number of phenolic OH excluding ortho intramolecular Hbond substituents is 1. The molecule has 22 unspecified atom stereocenters. The standard InChI is InChI=1S/C17H20O3.C17H30.C15H18O2.C15H26.C14H18.C9H14O2.C9H12.C2H6BN.2H2O/c1-11(18)20-16-6-4-13(10-17(16)19-2)9-15-8-12-3-5-14(15)7-12;1-2-3-4-5-6-7-8-9-10-16-13-15-11-12-17(16)14-15;1-17-15-9-11(3-5-14(15)16)8-13-7-10-2-4-12(13)6-10;1-2-3-4-5-6-7-8-14-11-13-9-10-15(14)12-13;1-2-8-5-11-7-12(8)14-10-4-3-9(6-10)13(11)14;10-4-8-6-1-2-7(3-6)9(8)5-11;1-2-8-5-7-3-4-9(8)6-7;1-3-4-2;;/h3-6,10,12,14-15H,7-9H2,1-2H3;11-12,15-17H,2-10,13-14H2,1H3;2-5,9-10,12-13,16H,6-8H2,1H3;9-10,13-15H,2-8,11-12H2,1H3;2-4,9-14H,5-7H2,1H3;1-2,6-11H,3-5H2;2-4,7,9H,5-6H2,1H3;1-2H3;2*1H2/b;;;;8-2+;;8-2+;;;/t;;;;;6?,7?,8-,9+;;;;. The number of rotatable bonds is 25. The average molecular weight is 1500 g/mol. The van der Waals surface area contributed by atoms with Gasteiger partial charge in [-0.15, -0.1) is 0 Å². The zero-order valence-corrected chi connectivity index (χ0v) is 69.1. The predicted octanol–water partition coefficient (Wildman–Crippen LogP) is 22.5. The Morgan fingerprint density at radius 1 is 0.468 bits per heavy atom. The molecule has 16 aliphatic carbocycles. The Morgan fingerprint density at radius 2 is 0.890 bits per heavy atom. The first-order valence-corrected chi connectivity index (χ1v) is 44.2. The molecule has 16 aliphatic rings. The first kappa shape index (κ1) is 87.6. The number of esters is 1. The molecule has 0 heterocycles. The van der Waals surface area contributed by atoms with Crippen LogP contribution in [0.4, 0.5) is 0 Å². The van der Waals surface area contributed by atoms with Gasteiger partial charge in [0.15, 0.2) is 23.0 Å². The number of fused-ring (bicyclic) bond motifs is 21. The minimum Gasteiger partial charge on any atom is -0.504 e. The van der Waals surface area contributed by atoms with Crippen LogP contribution in [0.5, 0.6) is 23.0 Å². The van der Waals surface area contributed by atoms with Crippen molar-refractivity contribution in [2.24, 2.45) is 147 Å². The van der Waals surface area contributed by atoms with E-state index in [1.54, 1.807) is 45.6 Å². The molecule has 0 spiro atoms. The summed E-state index contributed by atoms with van der Waals surface area (Å²) < 4.78 is 15.6. The van der Waals surface area contributed by atoms with Crippen LogP contribution in [0.25, 0.3) is 0 Å². The molecule has 0 amide bonds. The van der Waals surface area contributed by atoms with Crippen molar-refractivity contribution >= 4 is 13.0 Å². The van der Waals surface area contributed by atoms with Gasteiger partial charge in [-0.2, -0.15) is 0 Å². The van der Waals surface area contributed by atoms with Crippen LogP contribution in [0.3, 0.4) is 0 Å². The fourth-order valence-electron chi connectivity index (χ4n) is 23.7. The van der Waals surface area contributed by atoms with E-state index in [0.717, 1.165) is 138 Å². The number of carbonyl (C=O) groups is 1. The summed E-state index contributed by atoms with van der Waals surface area (Å²) in [7, 11) is 6.70. The number of benzene rings is 2. The van der Waals surface area contributed by atoms with Gasteiger partial charge in [-0.05, 0) is 307 Å². The van der Waals surface area contributed by atoms with Gasteiger partial charge < -0.3 is 40.5 Å². The van der Waals surface area contributed by atoms with E-state index in [-0.39, 0.29) is 35.9 Å². The van der Waals surface area contributed by atoms with Crippen LogP contribution >= 0.6 is 0 Å². The van der Waals surface area contributed by atoms with E-state index < -0.39 is 0 Å². The number of unbranched alkanes of at least 4 members (excludes halogenated alkanes) is 12. The number of nitrogens with zero attached hydrogens (tertiary/aromatic N) is 1. The Balaban J connectivity index is 0.000000146. The van der Waals surface area contributed by atoms with Gasteiger partial charge in [0.25, 0.3) is 0 Å². The number of hydrogen-bond acceptors (Lipinski definition) is 8. The van der Waals surface area contributed by atoms with Crippen LogP contribution in [0.15, 0.2) is 150 Å². The fourth-order valence-corrected chi connectivity index (χ4v) is 23.7. The summed E-state index contributed by atoms with van der Waals surface area (Å²) in [6, 6.07) is 11.6. The number of carbonyl (C=O) groups excluding carboxylic acids is 1. The summed E-state index contributed by atoms with van der Waals surface area (Å²) in [5.74, 6) is 22.0. The van der Waals surface area contributed by atoms with Crippen LogP contribution in [0.2, 0.25) is 6.82 Å². The summed E-state index contributed by atoms with van der Waals surface area (Å²) >= 11 is 0. The van der Waals surface area contributed by atoms with Crippen LogP contribution in [-0.4, -0.2) is 73.8 Å². The van der Waals surface area contributed by atoms with Crippen LogP contribution in [0, 0.1) is 142 Å². The largest absolute Gasteiger partial charge is 0.504 e. The molecular formula is C98H148BNO9. The maximum atomic E-state index is 11.0. The van der Waals surface area contributed by atoms with E-state index >= 15 is 0 Å². The van der Waals surface area contributed by atoms with Gasteiger partial charge in [-0.1, -0.05) is 224 Å². The first-order chi connectivity index (χ1) is 52.3. The molecule has 9 fully saturated rings. The SMILES string of the molecule is C/C=C1\CC2C=CC1C2.C/C=C1\CC2CC1C1C3C=CC(C3)C21.CB=NC.CCCCCCCCC1CC2C=CC1C2.CCCCCCCCCCC1CC2C=CC1C2.COc1cc(CC2CC3C=CC2C3)ccc1O.COc1cc(CC2CC3C=CC2C3)ccc1OC(C)=O.O.O.OC[C@@H]1C2C=CC(C2)[C@@H]1CO. The fraction of sp³-hybridized carbons (Fsp3) is 0.684. The quantitative estimate of drug-likeness (QED) is 0.0221. The molecule has 0 saturated heterocycles. The summed E-state index contributed by atoms with van der Waals surface area (Å²) in [6.07, 6.45) is 83.6. The Labute approximate surface area is 661 Å². The van der Waals surface area contributed by atoms with Crippen molar-refractivity contribution in [3.63, 3.8) is 0 Å². The number of allylic oxidation sites excluding steroid dienone is 18. The maximum Gasteiger partial charge on any atom is 0.308 e. The van der Waals surface area contributed by atoms with Gasteiger partial charge in [0.05, 0.1) is 14.2 Å². The van der Waals surface area contributed by atoms with Crippen molar-refractivity contribution in [3.8, 4) is 23.0 Å². The summed E-state index contributed by atoms with van der Waals surface area (Å²) in [5, 5.41) is 27.7. The predicted molar refractivity (Wildman–Crippen MR) is 453 cm³/mol. The van der Waals surface area contributed by atoms with E-state index in [0.29, 0.717) is 40.9 Å². The smallest absolute Gasteiger partial charge is 0.308 e. The first-order valence-electron chi connectivity index (χ1n) is 44.2. The van der Waals surface area contributed by atoms with Crippen LogP contribution in [0.1, 0.15) is 238 Å². The van der Waals surface area contributed by atoms with Crippen molar-refractivity contribution in [1.29, 1.82) is 0 Å². The molecule has 2 aromatic rings. The zero-order valence-electron chi connectivity index (χ0n) is 69.1. The second-order valence-corrected chi connectivity index (χ2v) is 36.0. The van der Waals surface area contributed by atoms with Crippen LogP contribution in [-0.2, 0) is 17.6 Å². The number of aliphatic hydroxyl groups excluding tert-OH is 2. The third-order valence-corrected chi connectivity index (χ3v) is 29.2. The van der Waals surface area contributed by atoms with Crippen molar-refractivity contribution in [3.05, 3.63) is 156 Å². The average Bonchev–Trinajstić information content (AvgIpc) is 1.55. The molecule has 9 saturated carbocycles. The molecule has 11 heteroatoms. The summed E-state index contributed by atoms with van der Waals surface area (Å²) in [6.45, 7) is 12.7. The Hall–Kier alpha value is -5.33. The number of methoxy groups -OCH3 is 2. The zero-order chi connectivity index (χ0) is 75.2. The number of phenols is 1. The summed E-state index contributed by atoms with van der Waals surface area (Å²) in [5.41, 5.74) is 5.99. The van der Waals surface area contributed by atoms with Gasteiger partial charge in [-0.25, -0.2) is 0 Å². The Bertz CT molecular complexity index is 3390. The number of aliphatic hydroxyl groups is 2. The Morgan fingerprint density at radius 3 is 1.28 bits per heavy atom. The molecule has 2 aromatic carbocycles. The topological polar surface area (TPSA) is 181 Å². The van der Waals surface area contributed by atoms with E-state index in [1.807, 2.05) is 37.2 Å². The second-order valence-electron chi connectivity index (χ2n) is 36.0. The molecule has 0 aliphatic heterocycles. The summed E-state index contributed by atoms with van der Waals surface area (Å²) in [4.78, 5) is 14.7. The molecule has 0 radical (unpaired) electrons. The normalized spacial score (nSPS) is 35.1.